The quantitative estimate of drug-likeness (QED) is 0.453. The lowest BCUT2D eigenvalue weighted by Crippen LogP contribution is -2.12. The third-order valence-electron chi connectivity index (χ3n) is 1.29. The van der Waals surface area contributed by atoms with Crippen LogP contribution in [0, 0.1) is 0 Å². The number of halogens is 1. The van der Waals surface area contributed by atoms with Crippen LogP contribution in [0.2, 0.25) is 0 Å². The van der Waals surface area contributed by atoms with Gasteiger partial charge in [0.15, 0.2) is 6.29 Å². The Kier molecular flexibility index (Phi) is 3.19. The molecule has 0 amide bonds. The Morgan fingerprint density at radius 3 is 3.00 bits per heavy atom. The van der Waals surface area contributed by atoms with E-state index in [4.69, 9.17) is 21.1 Å². The molecule has 1 fully saturated rings. The highest BCUT2D eigenvalue weighted by Crippen LogP contribution is 2.13. The molecule has 0 radical (unpaired) electrons. The van der Waals surface area contributed by atoms with Crippen molar-refractivity contribution in [1.29, 1.82) is 0 Å². The molecule has 1 heterocycles. The van der Waals surface area contributed by atoms with Crippen LogP contribution >= 0.6 is 11.6 Å². The monoisotopic (exact) mass is 162 g/mol. The van der Waals surface area contributed by atoms with Crippen molar-refractivity contribution >= 4 is 11.6 Å². The minimum absolute atomic E-state index is 0.0721. The largest absolute Gasteiger partial charge is 0.346 e. The van der Waals surface area contributed by atoms with Crippen LogP contribution in [0.15, 0.2) is 12.2 Å². The third-order valence-corrected chi connectivity index (χ3v) is 1.64. The van der Waals surface area contributed by atoms with Crippen LogP contribution in [0.1, 0.15) is 6.92 Å². The maximum atomic E-state index is 5.54. The molecule has 58 valence electrons. The van der Waals surface area contributed by atoms with Crippen molar-refractivity contribution in [1.82, 2.24) is 0 Å². The minimum atomic E-state index is -0.172. The minimum Gasteiger partial charge on any atom is -0.346 e. The Bertz CT molecular complexity index is 125. The Morgan fingerprint density at radius 1 is 1.70 bits per heavy atom. The van der Waals surface area contributed by atoms with E-state index in [9.17, 15) is 0 Å². The summed E-state index contributed by atoms with van der Waals surface area (Å²) in [6, 6.07) is 0. The highest BCUT2D eigenvalue weighted by molar-refractivity contribution is 6.18. The van der Waals surface area contributed by atoms with Gasteiger partial charge in [-0.15, -0.1) is 11.6 Å². The number of alkyl halides is 1. The van der Waals surface area contributed by atoms with Gasteiger partial charge < -0.3 is 9.47 Å². The van der Waals surface area contributed by atoms with Gasteiger partial charge in [0.05, 0.1) is 18.6 Å². The number of allylic oxidation sites excluding steroid dienone is 1. The van der Waals surface area contributed by atoms with Crippen molar-refractivity contribution in [3.05, 3.63) is 12.2 Å². The fraction of sp³-hybridized carbons (Fsp3) is 0.714. The van der Waals surface area contributed by atoms with Crippen molar-refractivity contribution in [2.24, 2.45) is 0 Å². The standard InChI is InChI=1S/C7H11ClO2/c1-2-3-7-9-5-6(4-8)10-7/h2-3,6-7H,4-5H2,1H3. The predicted octanol–water partition coefficient (Wildman–Crippen LogP) is 1.54. The highest BCUT2D eigenvalue weighted by Gasteiger charge is 2.22. The molecule has 1 saturated heterocycles. The molecule has 1 aliphatic rings. The van der Waals surface area contributed by atoms with Gasteiger partial charge in [-0.1, -0.05) is 6.08 Å². The fourth-order valence-electron chi connectivity index (χ4n) is 0.809. The van der Waals surface area contributed by atoms with Gasteiger partial charge in [0.2, 0.25) is 0 Å². The molecule has 0 aromatic carbocycles. The SMILES string of the molecule is CC=CC1OCC(CCl)O1. The summed E-state index contributed by atoms with van der Waals surface area (Å²) in [6.45, 7) is 2.54. The van der Waals surface area contributed by atoms with E-state index < -0.39 is 0 Å². The number of hydrogen-bond acceptors (Lipinski definition) is 2. The molecule has 1 rings (SSSR count). The summed E-state index contributed by atoms with van der Waals surface area (Å²) in [5, 5.41) is 0. The molecular formula is C7H11ClO2. The van der Waals surface area contributed by atoms with E-state index in [0.29, 0.717) is 12.5 Å². The van der Waals surface area contributed by atoms with E-state index in [0.717, 1.165) is 0 Å². The molecule has 0 aliphatic carbocycles. The van der Waals surface area contributed by atoms with Crippen LogP contribution < -0.4 is 0 Å². The van der Waals surface area contributed by atoms with E-state index in [1.165, 1.54) is 0 Å². The average Bonchev–Trinajstić information content (AvgIpc) is 2.37. The Morgan fingerprint density at radius 2 is 2.50 bits per heavy atom. The number of rotatable bonds is 2. The summed E-state index contributed by atoms with van der Waals surface area (Å²) in [4.78, 5) is 0. The van der Waals surface area contributed by atoms with E-state index >= 15 is 0 Å². The first-order valence-corrected chi connectivity index (χ1v) is 3.86. The molecular weight excluding hydrogens is 152 g/mol. The molecule has 2 nitrogen and oxygen atoms in total. The maximum absolute atomic E-state index is 5.54. The molecule has 0 aromatic heterocycles. The van der Waals surface area contributed by atoms with E-state index in [2.05, 4.69) is 0 Å². The predicted molar refractivity (Wildman–Crippen MR) is 40.1 cm³/mol. The molecule has 2 atom stereocenters. The van der Waals surface area contributed by atoms with Crippen molar-refractivity contribution < 1.29 is 9.47 Å². The van der Waals surface area contributed by atoms with Crippen LogP contribution in [0.5, 0.6) is 0 Å². The van der Waals surface area contributed by atoms with Gasteiger partial charge in [-0.25, -0.2) is 0 Å². The van der Waals surface area contributed by atoms with Crippen LogP contribution in [0.25, 0.3) is 0 Å². The molecule has 3 heteroatoms. The topological polar surface area (TPSA) is 18.5 Å². The normalized spacial score (nSPS) is 33.8. The zero-order chi connectivity index (χ0) is 7.40. The van der Waals surface area contributed by atoms with Crippen LogP contribution in [-0.4, -0.2) is 24.9 Å². The summed E-state index contributed by atoms with van der Waals surface area (Å²) in [6.07, 6.45) is 3.67. The lowest BCUT2D eigenvalue weighted by molar-refractivity contribution is -0.0156. The maximum Gasteiger partial charge on any atom is 0.177 e. The van der Waals surface area contributed by atoms with E-state index in [1.54, 1.807) is 0 Å². The molecule has 0 aromatic rings. The first-order valence-electron chi connectivity index (χ1n) is 3.32. The summed E-state index contributed by atoms with van der Waals surface area (Å²) in [5.41, 5.74) is 0. The van der Waals surface area contributed by atoms with Gasteiger partial charge >= 0.3 is 0 Å². The molecule has 10 heavy (non-hydrogen) atoms. The van der Waals surface area contributed by atoms with Crippen LogP contribution in [0.4, 0.5) is 0 Å². The van der Waals surface area contributed by atoms with E-state index in [1.807, 2.05) is 19.1 Å². The van der Waals surface area contributed by atoms with Gasteiger partial charge in [-0.3, -0.25) is 0 Å². The first-order chi connectivity index (χ1) is 4.86. The van der Waals surface area contributed by atoms with E-state index in [-0.39, 0.29) is 12.4 Å². The zero-order valence-corrected chi connectivity index (χ0v) is 6.67. The Hall–Kier alpha value is -0.0500. The molecule has 0 spiro atoms. The lowest BCUT2D eigenvalue weighted by atomic mass is 10.4. The highest BCUT2D eigenvalue weighted by atomic mass is 35.5. The van der Waals surface area contributed by atoms with Crippen molar-refractivity contribution in [2.45, 2.75) is 19.3 Å². The fourth-order valence-corrected chi connectivity index (χ4v) is 0.971. The molecule has 0 saturated carbocycles. The second-order valence-corrected chi connectivity index (χ2v) is 2.45. The zero-order valence-electron chi connectivity index (χ0n) is 5.92. The number of hydrogen-bond donors (Lipinski definition) is 0. The van der Waals surface area contributed by atoms with Crippen molar-refractivity contribution in [2.75, 3.05) is 12.5 Å². The smallest absolute Gasteiger partial charge is 0.177 e. The summed E-state index contributed by atoms with van der Waals surface area (Å²) < 4.78 is 10.5. The summed E-state index contributed by atoms with van der Waals surface area (Å²) in [5.74, 6) is 0.508. The second kappa shape index (κ2) is 3.96. The molecule has 2 unspecified atom stereocenters. The van der Waals surface area contributed by atoms with Gasteiger partial charge in [0.1, 0.15) is 0 Å². The van der Waals surface area contributed by atoms with Gasteiger partial charge in [0, 0.05) is 0 Å². The second-order valence-electron chi connectivity index (χ2n) is 2.14. The van der Waals surface area contributed by atoms with Crippen LogP contribution in [-0.2, 0) is 9.47 Å². The van der Waals surface area contributed by atoms with Crippen molar-refractivity contribution in [3.8, 4) is 0 Å². The third kappa shape index (κ3) is 1.97. The van der Waals surface area contributed by atoms with Gasteiger partial charge in [0.25, 0.3) is 0 Å². The Balaban J connectivity index is 2.28. The first kappa shape index (κ1) is 8.05. The lowest BCUT2D eigenvalue weighted by Gasteiger charge is -2.03. The number of ether oxygens (including phenoxy) is 2. The molecule has 1 aliphatic heterocycles. The van der Waals surface area contributed by atoms with Crippen LogP contribution in [0.3, 0.4) is 0 Å². The average molecular weight is 163 g/mol. The van der Waals surface area contributed by atoms with Gasteiger partial charge in [-0.2, -0.15) is 0 Å². The molecule has 0 N–H and O–H groups in total. The van der Waals surface area contributed by atoms with Crippen molar-refractivity contribution in [3.63, 3.8) is 0 Å². The van der Waals surface area contributed by atoms with Gasteiger partial charge in [-0.05, 0) is 13.0 Å². The molecule has 0 bridgehead atoms. The summed E-state index contributed by atoms with van der Waals surface area (Å²) in [7, 11) is 0. The Labute approximate surface area is 65.8 Å². The summed E-state index contributed by atoms with van der Waals surface area (Å²) >= 11 is 5.54.